The van der Waals surface area contributed by atoms with Crippen LogP contribution in [0.1, 0.15) is 39.1 Å². The number of hydrogen-bond donors (Lipinski definition) is 3. The molecule has 3 N–H and O–H groups in total. The summed E-state index contributed by atoms with van der Waals surface area (Å²) in [5, 5.41) is 16.0. The molecule has 0 spiro atoms. The van der Waals surface area contributed by atoms with E-state index >= 15 is 0 Å². The van der Waals surface area contributed by atoms with Crippen molar-refractivity contribution < 1.29 is 32.6 Å². The first-order valence-electron chi connectivity index (χ1n) is 12.2. The van der Waals surface area contributed by atoms with Gasteiger partial charge in [-0.25, -0.2) is 23.2 Å². The van der Waals surface area contributed by atoms with E-state index in [2.05, 4.69) is 25.6 Å². The van der Waals surface area contributed by atoms with Crippen LogP contribution in [-0.4, -0.2) is 77.2 Å². The standard InChI is InChI=1S/C25H28N6O7S2/c1-14-21(23(34)35)39-25(27-14)30-24-28-19-9-11-31(20(33)13-38-15(2)32)10-8-18(19)22(29-24)26-12-16-4-6-17(7-5-16)40(3,36)37/h4-7H,8-13H2,1-3H3,(H,34,35)(H2,26,27,28,29,30). The number of carboxylic acid groups (broad SMARTS) is 1. The predicted molar refractivity (Wildman–Crippen MR) is 147 cm³/mol. The number of nitrogens with zero attached hydrogens (tertiary/aromatic N) is 4. The van der Waals surface area contributed by atoms with Crippen molar-refractivity contribution in [2.24, 2.45) is 0 Å². The third kappa shape index (κ3) is 7.09. The Balaban J connectivity index is 1.60. The fourth-order valence-corrected chi connectivity index (χ4v) is 5.52. The Morgan fingerprint density at radius 3 is 2.42 bits per heavy atom. The Labute approximate surface area is 234 Å². The van der Waals surface area contributed by atoms with Crippen molar-refractivity contribution in [3.05, 3.63) is 51.7 Å². The molecule has 0 bridgehead atoms. The zero-order valence-corrected chi connectivity index (χ0v) is 23.7. The van der Waals surface area contributed by atoms with Gasteiger partial charge in [-0.3, -0.25) is 14.9 Å². The number of nitrogens with one attached hydrogen (secondary N) is 2. The first kappa shape index (κ1) is 28.9. The lowest BCUT2D eigenvalue weighted by molar-refractivity contribution is -0.150. The zero-order chi connectivity index (χ0) is 29.0. The fraction of sp³-hybridized carbons (Fsp3) is 0.360. The molecule has 40 heavy (non-hydrogen) atoms. The zero-order valence-electron chi connectivity index (χ0n) is 22.1. The van der Waals surface area contributed by atoms with Crippen LogP contribution in [0.15, 0.2) is 29.2 Å². The summed E-state index contributed by atoms with van der Waals surface area (Å²) < 4.78 is 28.4. The minimum absolute atomic E-state index is 0.107. The van der Waals surface area contributed by atoms with Crippen LogP contribution in [0.5, 0.6) is 0 Å². The molecule has 3 heterocycles. The normalized spacial score (nSPS) is 13.2. The monoisotopic (exact) mass is 588 g/mol. The molecule has 0 atom stereocenters. The van der Waals surface area contributed by atoms with Crippen LogP contribution in [0, 0.1) is 6.92 Å². The van der Waals surface area contributed by atoms with Gasteiger partial charge in [0.2, 0.25) is 5.95 Å². The van der Waals surface area contributed by atoms with E-state index in [1.54, 1.807) is 24.0 Å². The molecule has 212 valence electrons. The number of aromatic nitrogens is 3. The number of esters is 1. The van der Waals surface area contributed by atoms with Gasteiger partial charge in [-0.1, -0.05) is 23.5 Å². The number of benzene rings is 1. The molecule has 1 aliphatic heterocycles. The molecular weight excluding hydrogens is 560 g/mol. The van der Waals surface area contributed by atoms with Crippen molar-refractivity contribution in [3.63, 3.8) is 0 Å². The number of carbonyl (C=O) groups excluding carboxylic acids is 2. The molecule has 0 unspecified atom stereocenters. The SMILES string of the molecule is CC(=O)OCC(=O)N1CCc2nc(Nc3nc(C)c(C(=O)O)s3)nc(NCc3ccc(S(C)(=O)=O)cc3)c2CC1. The molecule has 15 heteroatoms. The molecule has 1 amide bonds. The predicted octanol–water partition coefficient (Wildman–Crippen LogP) is 2.19. The third-order valence-corrected chi connectivity index (χ3v) is 8.30. The molecule has 0 saturated heterocycles. The maximum atomic E-state index is 12.6. The molecule has 3 aromatic rings. The number of sulfone groups is 1. The average Bonchev–Trinajstić information content (AvgIpc) is 3.12. The first-order chi connectivity index (χ1) is 18.9. The molecule has 0 fully saturated rings. The van der Waals surface area contributed by atoms with E-state index < -0.39 is 21.8 Å². The van der Waals surface area contributed by atoms with Gasteiger partial charge in [-0.15, -0.1) is 0 Å². The molecule has 0 aliphatic carbocycles. The minimum atomic E-state index is -3.32. The quantitative estimate of drug-likeness (QED) is 0.311. The summed E-state index contributed by atoms with van der Waals surface area (Å²) in [6, 6.07) is 6.50. The summed E-state index contributed by atoms with van der Waals surface area (Å²) in [6.45, 7) is 3.57. The van der Waals surface area contributed by atoms with Crippen molar-refractivity contribution in [2.45, 2.75) is 38.1 Å². The van der Waals surface area contributed by atoms with Gasteiger partial charge in [0.25, 0.3) is 5.91 Å². The van der Waals surface area contributed by atoms with Crippen molar-refractivity contribution in [1.82, 2.24) is 19.9 Å². The van der Waals surface area contributed by atoms with E-state index in [1.807, 2.05) is 0 Å². The van der Waals surface area contributed by atoms with Crippen LogP contribution in [0.4, 0.5) is 16.9 Å². The highest BCUT2D eigenvalue weighted by Crippen LogP contribution is 2.28. The van der Waals surface area contributed by atoms with Crippen LogP contribution >= 0.6 is 11.3 Å². The summed E-state index contributed by atoms with van der Waals surface area (Å²) in [4.78, 5) is 50.6. The number of fused-ring (bicyclic) bond motifs is 1. The van der Waals surface area contributed by atoms with Crippen molar-refractivity contribution in [3.8, 4) is 0 Å². The van der Waals surface area contributed by atoms with Crippen LogP contribution in [0.2, 0.25) is 0 Å². The van der Waals surface area contributed by atoms with Crippen LogP contribution in [0.25, 0.3) is 0 Å². The molecule has 2 aromatic heterocycles. The Morgan fingerprint density at radius 1 is 1.10 bits per heavy atom. The average molecular weight is 589 g/mol. The fourth-order valence-electron chi connectivity index (χ4n) is 4.09. The van der Waals surface area contributed by atoms with E-state index in [9.17, 15) is 27.9 Å². The number of rotatable bonds is 9. The number of carboxylic acids is 1. The van der Waals surface area contributed by atoms with Crippen molar-refractivity contribution >= 4 is 55.9 Å². The Kier molecular flexibility index (Phi) is 8.64. The number of aromatic carboxylic acids is 1. The topological polar surface area (TPSA) is 181 Å². The highest BCUT2D eigenvalue weighted by molar-refractivity contribution is 7.90. The van der Waals surface area contributed by atoms with Crippen LogP contribution in [-0.2, 0) is 43.5 Å². The summed E-state index contributed by atoms with van der Waals surface area (Å²) >= 11 is 0.970. The summed E-state index contributed by atoms with van der Waals surface area (Å²) in [5.41, 5.74) is 2.69. The van der Waals surface area contributed by atoms with Gasteiger partial charge < -0.3 is 20.1 Å². The number of hydrogen-bond acceptors (Lipinski definition) is 12. The van der Waals surface area contributed by atoms with Gasteiger partial charge in [-0.05, 0) is 31.0 Å². The molecule has 0 saturated carbocycles. The smallest absolute Gasteiger partial charge is 0.347 e. The minimum Gasteiger partial charge on any atom is -0.477 e. The molecule has 1 aliphatic rings. The van der Waals surface area contributed by atoms with Gasteiger partial charge in [0, 0.05) is 44.8 Å². The second-order valence-corrected chi connectivity index (χ2v) is 12.1. The molecular formula is C25H28N6O7S2. The molecule has 0 radical (unpaired) electrons. The lowest BCUT2D eigenvalue weighted by atomic mass is 10.1. The van der Waals surface area contributed by atoms with Gasteiger partial charge in [0.05, 0.1) is 16.3 Å². The van der Waals surface area contributed by atoms with E-state index in [1.165, 1.54) is 19.1 Å². The first-order valence-corrected chi connectivity index (χ1v) is 14.9. The highest BCUT2D eigenvalue weighted by Gasteiger charge is 2.24. The highest BCUT2D eigenvalue weighted by atomic mass is 32.2. The second-order valence-electron chi connectivity index (χ2n) is 9.12. The van der Waals surface area contributed by atoms with Crippen LogP contribution < -0.4 is 10.6 Å². The maximum absolute atomic E-state index is 12.6. The third-order valence-electron chi connectivity index (χ3n) is 6.12. The van der Waals surface area contributed by atoms with Crippen molar-refractivity contribution in [2.75, 3.05) is 36.6 Å². The van der Waals surface area contributed by atoms with E-state index in [-0.39, 0.29) is 28.2 Å². The summed E-state index contributed by atoms with van der Waals surface area (Å²) in [5.74, 6) is -1.20. The summed E-state index contributed by atoms with van der Waals surface area (Å²) in [6.07, 6.45) is 2.00. The number of aryl methyl sites for hydroxylation is 1. The number of anilines is 3. The lowest BCUT2D eigenvalue weighted by Crippen LogP contribution is -2.36. The number of carbonyl (C=O) groups is 3. The molecule has 4 rings (SSSR count). The van der Waals surface area contributed by atoms with E-state index in [0.29, 0.717) is 54.8 Å². The lowest BCUT2D eigenvalue weighted by Gasteiger charge is -2.19. The summed E-state index contributed by atoms with van der Waals surface area (Å²) in [7, 11) is -3.32. The second kappa shape index (κ2) is 12.0. The Morgan fingerprint density at radius 2 is 1.80 bits per heavy atom. The van der Waals surface area contributed by atoms with Gasteiger partial charge >= 0.3 is 11.9 Å². The molecule has 13 nitrogen and oxygen atoms in total. The Bertz CT molecular complexity index is 1550. The number of thiazole rings is 1. The molecule has 1 aromatic carbocycles. The number of amides is 1. The van der Waals surface area contributed by atoms with Gasteiger partial charge in [0.15, 0.2) is 21.6 Å². The van der Waals surface area contributed by atoms with E-state index in [0.717, 1.165) is 28.7 Å². The largest absolute Gasteiger partial charge is 0.477 e. The van der Waals surface area contributed by atoms with Crippen LogP contribution in [0.3, 0.4) is 0 Å². The van der Waals surface area contributed by atoms with Gasteiger partial charge in [-0.2, -0.15) is 4.98 Å². The van der Waals surface area contributed by atoms with Crippen molar-refractivity contribution in [1.29, 1.82) is 0 Å². The Hall–Kier alpha value is -4.11. The number of ether oxygens (including phenoxy) is 1. The maximum Gasteiger partial charge on any atom is 0.347 e. The van der Waals surface area contributed by atoms with E-state index in [4.69, 9.17) is 4.74 Å². The van der Waals surface area contributed by atoms with Gasteiger partial charge in [0.1, 0.15) is 10.7 Å².